The second kappa shape index (κ2) is 13.9. The van der Waals surface area contributed by atoms with Gasteiger partial charge >= 0.3 is 0 Å². The van der Waals surface area contributed by atoms with Gasteiger partial charge in [-0.15, -0.1) is 6.58 Å². The topological polar surface area (TPSA) is 78.6 Å². The zero-order chi connectivity index (χ0) is 31.1. The van der Waals surface area contributed by atoms with Gasteiger partial charge in [0, 0.05) is 23.1 Å². The largest absolute Gasteiger partial charge is 0.496 e. The zero-order valence-corrected chi connectivity index (χ0v) is 24.6. The first kappa shape index (κ1) is 31.2. The predicted octanol–water partition coefficient (Wildman–Crippen LogP) is 7.84. The molecular weight excluding hydrogens is 548 g/mol. The van der Waals surface area contributed by atoms with Crippen LogP contribution in [-0.2, 0) is 17.6 Å². The summed E-state index contributed by atoms with van der Waals surface area (Å²) in [5.74, 6) is -1.53. The van der Waals surface area contributed by atoms with E-state index in [2.05, 4.69) is 6.58 Å². The zero-order valence-electron chi connectivity index (χ0n) is 24.6. The summed E-state index contributed by atoms with van der Waals surface area (Å²) in [4.78, 5) is 26.2. The highest BCUT2D eigenvalue weighted by molar-refractivity contribution is 6.00. The first-order valence-corrected chi connectivity index (χ1v) is 14.1. The second-order valence-corrected chi connectivity index (χ2v) is 10.3. The van der Waals surface area contributed by atoms with Crippen molar-refractivity contribution in [3.63, 3.8) is 0 Å². The smallest absolute Gasteiger partial charge is 0.225 e. The molecule has 0 aliphatic carbocycles. The molecule has 0 saturated carbocycles. The minimum Gasteiger partial charge on any atom is -0.496 e. The van der Waals surface area contributed by atoms with E-state index in [1.807, 2.05) is 19.1 Å². The highest BCUT2D eigenvalue weighted by Crippen LogP contribution is 2.37. The van der Waals surface area contributed by atoms with Crippen molar-refractivity contribution in [1.29, 1.82) is 0 Å². The van der Waals surface area contributed by atoms with Crippen LogP contribution in [0.1, 0.15) is 52.7 Å². The number of primary amides is 1. The molecule has 4 rings (SSSR count). The van der Waals surface area contributed by atoms with Gasteiger partial charge in [0.15, 0.2) is 5.78 Å². The monoisotopic (exact) mass is 583 g/mol. The lowest BCUT2D eigenvalue weighted by molar-refractivity contribution is -0.119. The Morgan fingerprint density at radius 3 is 1.93 bits per heavy atom. The Labute approximate surface area is 251 Å². The van der Waals surface area contributed by atoms with Gasteiger partial charge in [0.25, 0.3) is 0 Å². The maximum Gasteiger partial charge on any atom is 0.225 e. The summed E-state index contributed by atoms with van der Waals surface area (Å²) in [5.41, 5.74) is 11.2. The lowest BCUT2D eigenvalue weighted by Gasteiger charge is -2.19. The lowest BCUT2D eigenvalue weighted by Crippen LogP contribution is -2.24. The quantitative estimate of drug-likeness (QED) is 0.128. The summed E-state index contributed by atoms with van der Waals surface area (Å²) in [6, 6.07) is 19.2. The average molecular weight is 584 g/mol. The molecule has 0 saturated heterocycles. The number of amides is 1. The molecule has 2 N–H and O–H groups in total. The number of ether oxygens (including phenoxy) is 2. The maximum absolute atomic E-state index is 14.2. The van der Waals surface area contributed by atoms with Gasteiger partial charge in [-0.1, -0.05) is 49.8 Å². The summed E-state index contributed by atoms with van der Waals surface area (Å²) in [6.07, 6.45) is 3.47. The Morgan fingerprint density at radius 1 is 0.814 bits per heavy atom. The van der Waals surface area contributed by atoms with Crippen LogP contribution in [0.15, 0.2) is 85.5 Å². The molecule has 0 heterocycles. The van der Waals surface area contributed by atoms with E-state index in [4.69, 9.17) is 15.2 Å². The number of nitrogens with two attached hydrogens (primary N) is 1. The van der Waals surface area contributed by atoms with E-state index < -0.39 is 17.6 Å². The molecule has 7 heteroatoms. The number of rotatable bonds is 13. The van der Waals surface area contributed by atoms with E-state index in [-0.39, 0.29) is 18.0 Å². The fourth-order valence-electron chi connectivity index (χ4n) is 5.39. The van der Waals surface area contributed by atoms with Crippen LogP contribution < -0.4 is 15.2 Å². The number of Topliss-reactive ketones (excluding diaryl/α,β-unsaturated/α-hetero) is 1. The number of halogens is 2. The van der Waals surface area contributed by atoms with Gasteiger partial charge in [0.1, 0.15) is 23.1 Å². The maximum atomic E-state index is 14.2. The molecule has 4 aromatic rings. The summed E-state index contributed by atoms with van der Waals surface area (Å²) < 4.78 is 39.2. The average Bonchev–Trinajstić information content (AvgIpc) is 3.00. The lowest BCUT2D eigenvalue weighted by atomic mass is 9.86. The molecule has 0 aliphatic rings. The van der Waals surface area contributed by atoms with Crippen LogP contribution in [0.5, 0.6) is 11.5 Å². The molecular formula is C36H35F2NO4. The highest BCUT2D eigenvalue weighted by Gasteiger charge is 2.25. The summed E-state index contributed by atoms with van der Waals surface area (Å²) in [5, 5.41) is 0. The number of hydrogen-bond acceptors (Lipinski definition) is 4. The first-order chi connectivity index (χ1) is 20.7. The van der Waals surface area contributed by atoms with Gasteiger partial charge in [-0.3, -0.25) is 9.59 Å². The van der Waals surface area contributed by atoms with Crippen LogP contribution >= 0.6 is 0 Å². The summed E-state index contributed by atoms with van der Waals surface area (Å²) in [6.45, 7) is 5.85. The normalized spacial score (nSPS) is 11.6. The Balaban J connectivity index is 1.69. The molecule has 222 valence electrons. The molecule has 0 aromatic heterocycles. The predicted molar refractivity (Wildman–Crippen MR) is 166 cm³/mol. The molecule has 5 nitrogen and oxygen atoms in total. The van der Waals surface area contributed by atoms with E-state index in [1.165, 1.54) is 38.5 Å². The molecule has 0 aliphatic heterocycles. The molecule has 1 unspecified atom stereocenters. The third kappa shape index (κ3) is 7.00. The number of methoxy groups -OCH3 is 2. The van der Waals surface area contributed by atoms with Crippen molar-refractivity contribution in [2.75, 3.05) is 14.2 Å². The van der Waals surface area contributed by atoms with Crippen molar-refractivity contribution < 1.29 is 27.8 Å². The number of ketones is 1. The van der Waals surface area contributed by atoms with Crippen molar-refractivity contribution in [3.05, 3.63) is 119 Å². The van der Waals surface area contributed by atoms with E-state index in [0.717, 1.165) is 23.1 Å². The number of carbonyl (C=O) groups excluding carboxylic acids is 2. The standard InChI is InChI=1S/C36H35F2NO4/c1-5-7-22-17-24(9-13-28(22)31-19-26(37)11-15-34(31)42-3)30(36(39)41)21-33(40)25-10-14-29(23(18-25)8-6-2)32-20-27(38)12-16-35(32)43-4/h6,9-20,30H,2,5,7-8,21H2,1,3-4H3,(H2,39,41). The first-order valence-electron chi connectivity index (χ1n) is 14.1. The van der Waals surface area contributed by atoms with Gasteiger partial charge in [0.2, 0.25) is 5.91 Å². The molecule has 4 aromatic carbocycles. The van der Waals surface area contributed by atoms with Crippen molar-refractivity contribution >= 4 is 11.7 Å². The minimum atomic E-state index is -0.877. The van der Waals surface area contributed by atoms with Gasteiger partial charge < -0.3 is 15.2 Å². The van der Waals surface area contributed by atoms with E-state index in [0.29, 0.717) is 52.2 Å². The molecule has 0 fully saturated rings. The van der Waals surface area contributed by atoms with Crippen LogP contribution in [0.4, 0.5) is 8.78 Å². The van der Waals surface area contributed by atoms with Crippen LogP contribution in [0.25, 0.3) is 22.3 Å². The molecule has 0 radical (unpaired) electrons. The third-order valence-electron chi connectivity index (χ3n) is 7.48. The second-order valence-electron chi connectivity index (χ2n) is 10.3. The molecule has 43 heavy (non-hydrogen) atoms. The van der Waals surface area contributed by atoms with Gasteiger partial charge in [0.05, 0.1) is 20.1 Å². The molecule has 1 atom stereocenters. The van der Waals surface area contributed by atoms with Gasteiger partial charge in [-0.2, -0.15) is 0 Å². The molecule has 0 spiro atoms. The van der Waals surface area contributed by atoms with Crippen molar-refractivity contribution in [2.45, 2.75) is 38.5 Å². The van der Waals surface area contributed by atoms with Crippen LogP contribution in [0, 0.1) is 11.6 Å². The highest BCUT2D eigenvalue weighted by atomic mass is 19.1. The summed E-state index contributed by atoms with van der Waals surface area (Å²) in [7, 11) is 3.04. The Hall–Kier alpha value is -4.78. The number of carbonyl (C=O) groups is 2. The number of aryl methyl sites for hydroxylation is 1. The fourth-order valence-corrected chi connectivity index (χ4v) is 5.39. The number of allylic oxidation sites excluding steroid dienone is 1. The van der Waals surface area contributed by atoms with E-state index in [9.17, 15) is 18.4 Å². The Bertz CT molecular complexity index is 1660. The van der Waals surface area contributed by atoms with Crippen molar-refractivity contribution in [1.82, 2.24) is 0 Å². The van der Waals surface area contributed by atoms with E-state index in [1.54, 1.807) is 42.5 Å². The van der Waals surface area contributed by atoms with Gasteiger partial charge in [-0.25, -0.2) is 8.78 Å². The Morgan fingerprint density at radius 2 is 1.40 bits per heavy atom. The van der Waals surface area contributed by atoms with Gasteiger partial charge in [-0.05, 0) is 83.1 Å². The number of benzene rings is 4. The summed E-state index contributed by atoms with van der Waals surface area (Å²) >= 11 is 0. The van der Waals surface area contributed by atoms with E-state index >= 15 is 0 Å². The van der Waals surface area contributed by atoms with Crippen LogP contribution in [-0.4, -0.2) is 25.9 Å². The van der Waals surface area contributed by atoms with Crippen LogP contribution in [0.3, 0.4) is 0 Å². The van der Waals surface area contributed by atoms with Crippen LogP contribution in [0.2, 0.25) is 0 Å². The van der Waals surface area contributed by atoms with Crippen molar-refractivity contribution in [3.8, 4) is 33.8 Å². The fraction of sp³-hybridized carbons (Fsp3) is 0.222. The minimum absolute atomic E-state index is 0.139. The number of hydrogen-bond donors (Lipinski definition) is 1. The van der Waals surface area contributed by atoms with Crippen molar-refractivity contribution in [2.24, 2.45) is 5.73 Å². The third-order valence-corrected chi connectivity index (χ3v) is 7.48. The molecule has 0 bridgehead atoms. The molecule has 1 amide bonds. The Kier molecular flexibility index (Phi) is 10.1. The SMILES string of the molecule is C=CCc1cc(C(=O)CC(C(N)=O)c2ccc(-c3cc(F)ccc3OC)c(CCC)c2)ccc1-c1cc(F)ccc1OC.